The quantitative estimate of drug-likeness (QED) is 0.767. The lowest BCUT2D eigenvalue weighted by Gasteiger charge is -2.11. The van der Waals surface area contributed by atoms with E-state index in [1.54, 1.807) is 0 Å². The van der Waals surface area contributed by atoms with Gasteiger partial charge in [-0.1, -0.05) is 32.0 Å². The molecule has 0 aromatic heterocycles. The van der Waals surface area contributed by atoms with E-state index in [-0.39, 0.29) is 13.2 Å². The van der Waals surface area contributed by atoms with Crippen LogP contribution >= 0.6 is 0 Å². The van der Waals surface area contributed by atoms with E-state index in [2.05, 4.69) is 19.9 Å². The Morgan fingerprint density at radius 2 is 1.86 bits per heavy atom. The minimum Gasteiger partial charge on any atom is -0.396 e. The molecule has 0 amide bonds. The monoisotopic (exact) mass is 194 g/mol. The first-order valence-electron chi connectivity index (χ1n) is 5.02. The predicted octanol–water partition coefficient (Wildman–Crippen LogP) is 1.84. The molecule has 0 fully saturated rings. The molecule has 0 atom stereocenters. The lowest BCUT2D eigenvalue weighted by Crippen LogP contribution is -1.99. The van der Waals surface area contributed by atoms with Crippen molar-refractivity contribution in [2.45, 2.75) is 32.8 Å². The molecule has 0 saturated heterocycles. The summed E-state index contributed by atoms with van der Waals surface area (Å²) < 4.78 is 0. The minimum absolute atomic E-state index is 0.0515. The number of rotatable bonds is 4. The molecule has 0 radical (unpaired) electrons. The Morgan fingerprint density at radius 3 is 2.36 bits per heavy atom. The van der Waals surface area contributed by atoms with Crippen molar-refractivity contribution in [1.29, 1.82) is 0 Å². The number of benzene rings is 1. The highest BCUT2D eigenvalue weighted by Gasteiger charge is 2.05. The van der Waals surface area contributed by atoms with Crippen LogP contribution in [0.1, 0.15) is 36.5 Å². The van der Waals surface area contributed by atoms with Crippen LogP contribution in [0, 0.1) is 0 Å². The molecule has 0 bridgehead atoms. The third kappa shape index (κ3) is 2.56. The fourth-order valence-electron chi connectivity index (χ4n) is 1.52. The largest absolute Gasteiger partial charge is 0.396 e. The highest BCUT2D eigenvalue weighted by molar-refractivity contribution is 5.33. The van der Waals surface area contributed by atoms with E-state index >= 15 is 0 Å². The Morgan fingerprint density at radius 1 is 1.14 bits per heavy atom. The van der Waals surface area contributed by atoms with E-state index in [0.717, 1.165) is 11.1 Å². The molecular formula is C12H18O2. The molecule has 1 rings (SSSR count). The number of hydrogen-bond acceptors (Lipinski definition) is 2. The van der Waals surface area contributed by atoms with Gasteiger partial charge in [-0.25, -0.2) is 0 Å². The van der Waals surface area contributed by atoms with E-state index in [1.807, 2.05) is 12.1 Å². The van der Waals surface area contributed by atoms with Gasteiger partial charge >= 0.3 is 0 Å². The maximum atomic E-state index is 9.17. The average molecular weight is 194 g/mol. The predicted molar refractivity (Wildman–Crippen MR) is 57.2 cm³/mol. The molecule has 1 aromatic carbocycles. The van der Waals surface area contributed by atoms with Gasteiger partial charge in [-0.15, -0.1) is 0 Å². The van der Waals surface area contributed by atoms with Crippen LogP contribution in [-0.2, 0) is 13.0 Å². The Hall–Kier alpha value is -0.860. The summed E-state index contributed by atoms with van der Waals surface area (Å²) in [6.07, 6.45) is 0.619. The smallest absolute Gasteiger partial charge is 0.0684 e. The van der Waals surface area contributed by atoms with Gasteiger partial charge in [0, 0.05) is 6.61 Å². The lowest BCUT2D eigenvalue weighted by molar-refractivity contribution is 0.275. The summed E-state index contributed by atoms with van der Waals surface area (Å²) in [6, 6.07) is 6.08. The highest BCUT2D eigenvalue weighted by Crippen LogP contribution is 2.19. The van der Waals surface area contributed by atoms with Gasteiger partial charge in [0.15, 0.2) is 0 Å². The molecule has 14 heavy (non-hydrogen) atoms. The van der Waals surface area contributed by atoms with Crippen molar-refractivity contribution in [1.82, 2.24) is 0 Å². The molecule has 78 valence electrons. The van der Waals surface area contributed by atoms with Gasteiger partial charge in [-0.2, -0.15) is 0 Å². The Labute approximate surface area is 85.2 Å². The minimum atomic E-state index is 0.0515. The zero-order valence-corrected chi connectivity index (χ0v) is 8.83. The SMILES string of the molecule is CC(C)c1ccc(CCO)c(CO)c1. The zero-order chi connectivity index (χ0) is 10.6. The summed E-state index contributed by atoms with van der Waals surface area (Å²) in [7, 11) is 0. The molecule has 0 saturated carbocycles. The van der Waals surface area contributed by atoms with Crippen molar-refractivity contribution < 1.29 is 10.2 Å². The van der Waals surface area contributed by atoms with Gasteiger partial charge in [0.05, 0.1) is 6.61 Å². The van der Waals surface area contributed by atoms with Crippen LogP contribution in [0.3, 0.4) is 0 Å². The van der Waals surface area contributed by atoms with E-state index in [9.17, 15) is 0 Å². The Kier molecular flexibility index (Phi) is 4.11. The average Bonchev–Trinajstić information content (AvgIpc) is 2.18. The molecule has 2 N–H and O–H groups in total. The van der Waals surface area contributed by atoms with Gasteiger partial charge in [-0.3, -0.25) is 0 Å². The van der Waals surface area contributed by atoms with Crippen molar-refractivity contribution in [2.24, 2.45) is 0 Å². The molecule has 1 aromatic rings. The van der Waals surface area contributed by atoms with E-state index in [4.69, 9.17) is 10.2 Å². The summed E-state index contributed by atoms with van der Waals surface area (Å²) in [5, 5.41) is 18.0. The third-order valence-corrected chi connectivity index (χ3v) is 2.45. The van der Waals surface area contributed by atoms with Gasteiger partial charge < -0.3 is 10.2 Å². The second kappa shape index (κ2) is 5.13. The molecular weight excluding hydrogens is 176 g/mol. The Balaban J connectivity index is 2.98. The lowest BCUT2D eigenvalue weighted by atomic mass is 9.96. The maximum Gasteiger partial charge on any atom is 0.0684 e. The number of hydrogen-bond donors (Lipinski definition) is 2. The normalized spacial score (nSPS) is 10.9. The first kappa shape index (κ1) is 11.2. The van der Waals surface area contributed by atoms with Crippen molar-refractivity contribution in [3.05, 3.63) is 34.9 Å². The molecule has 2 heteroatoms. The molecule has 0 aliphatic rings. The van der Waals surface area contributed by atoms with Crippen LogP contribution in [0.25, 0.3) is 0 Å². The van der Waals surface area contributed by atoms with Crippen molar-refractivity contribution in [3.63, 3.8) is 0 Å². The summed E-state index contributed by atoms with van der Waals surface area (Å²) in [4.78, 5) is 0. The van der Waals surface area contributed by atoms with Gasteiger partial charge in [0.1, 0.15) is 0 Å². The maximum absolute atomic E-state index is 9.17. The van der Waals surface area contributed by atoms with Crippen LogP contribution in [-0.4, -0.2) is 16.8 Å². The molecule has 0 unspecified atom stereocenters. The fourth-order valence-corrected chi connectivity index (χ4v) is 1.52. The first-order valence-corrected chi connectivity index (χ1v) is 5.02. The topological polar surface area (TPSA) is 40.5 Å². The second-order valence-corrected chi connectivity index (χ2v) is 3.81. The number of aliphatic hydroxyl groups is 2. The van der Waals surface area contributed by atoms with Gasteiger partial charge in [0.25, 0.3) is 0 Å². The molecule has 0 heterocycles. The first-order chi connectivity index (χ1) is 6.69. The number of aliphatic hydroxyl groups excluding tert-OH is 2. The fraction of sp³-hybridized carbons (Fsp3) is 0.500. The van der Waals surface area contributed by atoms with Crippen LogP contribution < -0.4 is 0 Å². The standard InChI is InChI=1S/C12H18O2/c1-9(2)11-4-3-10(5-6-13)12(7-11)8-14/h3-4,7,9,13-14H,5-6,8H2,1-2H3. The highest BCUT2D eigenvalue weighted by atomic mass is 16.3. The van der Waals surface area contributed by atoms with Crippen molar-refractivity contribution in [3.8, 4) is 0 Å². The summed E-state index contributed by atoms with van der Waals surface area (Å²) in [5.41, 5.74) is 3.21. The second-order valence-electron chi connectivity index (χ2n) is 3.81. The third-order valence-electron chi connectivity index (χ3n) is 2.45. The van der Waals surface area contributed by atoms with E-state index in [1.165, 1.54) is 5.56 Å². The van der Waals surface area contributed by atoms with Crippen LogP contribution in [0.5, 0.6) is 0 Å². The van der Waals surface area contributed by atoms with Crippen LogP contribution in [0.4, 0.5) is 0 Å². The van der Waals surface area contributed by atoms with Crippen LogP contribution in [0.2, 0.25) is 0 Å². The van der Waals surface area contributed by atoms with Gasteiger partial charge in [0.2, 0.25) is 0 Å². The van der Waals surface area contributed by atoms with Crippen LogP contribution in [0.15, 0.2) is 18.2 Å². The Bertz CT molecular complexity index is 292. The van der Waals surface area contributed by atoms with Gasteiger partial charge in [-0.05, 0) is 29.0 Å². The summed E-state index contributed by atoms with van der Waals surface area (Å²) in [6.45, 7) is 4.44. The molecule has 0 aliphatic carbocycles. The molecule has 0 aliphatic heterocycles. The van der Waals surface area contributed by atoms with E-state index < -0.39 is 0 Å². The summed E-state index contributed by atoms with van der Waals surface area (Å²) in [5.74, 6) is 0.475. The molecule has 2 nitrogen and oxygen atoms in total. The molecule has 0 spiro atoms. The summed E-state index contributed by atoms with van der Waals surface area (Å²) >= 11 is 0. The zero-order valence-electron chi connectivity index (χ0n) is 8.83. The van der Waals surface area contributed by atoms with Crippen molar-refractivity contribution >= 4 is 0 Å². The van der Waals surface area contributed by atoms with Crippen molar-refractivity contribution in [2.75, 3.05) is 6.61 Å². The van der Waals surface area contributed by atoms with E-state index in [0.29, 0.717) is 12.3 Å².